The molecule has 0 aromatic rings. The van der Waals surface area contributed by atoms with Gasteiger partial charge in [0.2, 0.25) is 0 Å². The molecule has 66 valence electrons. The minimum atomic E-state index is -2.85. The second-order valence-corrected chi connectivity index (χ2v) is 2.58. The summed E-state index contributed by atoms with van der Waals surface area (Å²) in [4.78, 5) is 8.24. The smallest absolute Gasteiger partial charge is 0.376 e. The van der Waals surface area contributed by atoms with E-state index in [9.17, 15) is 4.57 Å². The summed E-state index contributed by atoms with van der Waals surface area (Å²) >= 11 is 0. The first-order chi connectivity index (χ1) is 4.95. The highest BCUT2D eigenvalue weighted by Gasteiger charge is 2.28. The van der Waals surface area contributed by atoms with E-state index < -0.39 is 20.7 Å². The first-order valence-corrected chi connectivity index (χ1v) is 4.07. The largest absolute Gasteiger partial charge is 0.714 e. The van der Waals surface area contributed by atoms with Crippen LogP contribution in [0.5, 0.6) is 0 Å². The zero-order valence-corrected chi connectivity index (χ0v) is 7.10. The molecule has 0 aliphatic carbocycles. The maximum Gasteiger partial charge on any atom is 0.714 e. The maximum atomic E-state index is 10.1. The minimum absolute atomic E-state index is 0.610. The van der Waals surface area contributed by atoms with Gasteiger partial charge < -0.3 is 10.2 Å². The highest BCUT2D eigenvalue weighted by atomic mass is 31.1. The van der Waals surface area contributed by atoms with Gasteiger partial charge in [-0.15, -0.1) is 4.89 Å². The molecule has 3 unspecified atom stereocenters. The Morgan fingerprint density at radius 1 is 1.36 bits per heavy atom. The van der Waals surface area contributed by atoms with Crippen LogP contribution >= 0.6 is 8.25 Å². The van der Waals surface area contributed by atoms with E-state index in [1.54, 1.807) is 0 Å². The Labute approximate surface area is 64.9 Å². The second kappa shape index (κ2) is 4.71. The van der Waals surface area contributed by atoms with Gasteiger partial charge in [-0.25, -0.2) is 0 Å². The van der Waals surface area contributed by atoms with Crippen molar-refractivity contribution in [2.24, 2.45) is 0 Å². The topological polar surface area (TPSA) is 90.2 Å². The third-order valence-electron chi connectivity index (χ3n) is 0.901. The van der Waals surface area contributed by atoms with Crippen molar-refractivity contribution >= 4 is 8.25 Å². The van der Waals surface area contributed by atoms with Gasteiger partial charge in [-0.3, -0.25) is 0 Å². The van der Waals surface area contributed by atoms with Crippen LogP contribution in [-0.2, 0) is 9.19 Å². The molecule has 0 spiro atoms. The van der Waals surface area contributed by atoms with Gasteiger partial charge in [0, 0.05) is 4.57 Å². The summed E-state index contributed by atoms with van der Waals surface area (Å²) in [5, 5.41) is 18.3. The van der Waals surface area contributed by atoms with E-state index in [0.717, 1.165) is 0 Å². The van der Waals surface area contributed by atoms with Crippen LogP contribution in [0.2, 0.25) is 0 Å². The van der Waals surface area contributed by atoms with Crippen molar-refractivity contribution in [3.05, 3.63) is 0 Å². The Balaban J connectivity index is 4.00. The molecule has 0 bridgehead atoms. The normalized spacial score (nSPS) is 18.2. The Morgan fingerprint density at radius 3 is 1.82 bits per heavy atom. The first-order valence-electron chi connectivity index (χ1n) is 2.94. The summed E-state index contributed by atoms with van der Waals surface area (Å²) in [6.07, 6.45) is -2.28. The molecule has 0 amide bonds. The van der Waals surface area contributed by atoms with E-state index >= 15 is 0 Å². The third-order valence-corrected chi connectivity index (χ3v) is 1.23. The summed E-state index contributed by atoms with van der Waals surface area (Å²) in [6.45, 7) is 2.59. The number of rotatable bonds is 4. The standard InChI is InChI=1S/C4H10NO5P/c1-3(6)5(4(2)7)10-11(8)9/h3-4,6-7H,1-2H3/p+1. The molecule has 11 heavy (non-hydrogen) atoms. The van der Waals surface area contributed by atoms with Crippen LogP contribution in [-0.4, -0.2) is 32.6 Å². The Morgan fingerprint density at radius 2 is 1.73 bits per heavy atom. The molecule has 7 heteroatoms. The molecular formula is C4H11NO5P+. The van der Waals surface area contributed by atoms with Crippen molar-refractivity contribution < 1.29 is 24.3 Å². The number of aliphatic hydroxyl groups excluding tert-OH is 2. The van der Waals surface area contributed by atoms with E-state index in [1.807, 2.05) is 0 Å². The predicted octanol–water partition coefficient (Wildman–Crippen LogP) is -0.454. The van der Waals surface area contributed by atoms with Crippen LogP contribution in [0.3, 0.4) is 0 Å². The lowest BCUT2D eigenvalue weighted by Gasteiger charge is -2.19. The molecule has 6 nitrogen and oxygen atoms in total. The molecule has 0 rings (SSSR count). The fourth-order valence-electron chi connectivity index (χ4n) is 0.529. The van der Waals surface area contributed by atoms with Crippen LogP contribution in [0.25, 0.3) is 0 Å². The lowest BCUT2D eigenvalue weighted by molar-refractivity contribution is -0.236. The van der Waals surface area contributed by atoms with E-state index in [1.165, 1.54) is 13.8 Å². The molecule has 0 fully saturated rings. The van der Waals surface area contributed by atoms with Crippen LogP contribution in [0.15, 0.2) is 0 Å². The predicted molar refractivity (Wildman–Crippen MR) is 36.1 cm³/mol. The van der Waals surface area contributed by atoms with Crippen LogP contribution in [0.1, 0.15) is 13.8 Å². The van der Waals surface area contributed by atoms with Gasteiger partial charge >= 0.3 is 8.25 Å². The highest BCUT2D eigenvalue weighted by Crippen LogP contribution is 2.20. The maximum absolute atomic E-state index is 10.1. The Hall–Kier alpha value is -0.100. The van der Waals surface area contributed by atoms with Crippen molar-refractivity contribution in [2.45, 2.75) is 26.3 Å². The summed E-state index contributed by atoms with van der Waals surface area (Å²) in [5.74, 6) is 0. The van der Waals surface area contributed by atoms with Crippen molar-refractivity contribution in [3.63, 3.8) is 0 Å². The third kappa shape index (κ3) is 4.36. The number of hydrogen-bond acceptors (Lipinski definition) is 5. The van der Waals surface area contributed by atoms with Crippen molar-refractivity contribution in [2.75, 3.05) is 0 Å². The monoisotopic (exact) mass is 184 g/mol. The molecule has 0 aromatic heterocycles. The van der Waals surface area contributed by atoms with Gasteiger partial charge in [0.15, 0.2) is 0 Å². The SMILES string of the molecule is CC(O)N(O[P+](=O)O)C(C)O. The molecule has 3 atom stereocenters. The molecule has 0 saturated carbocycles. The molecule has 0 aliphatic rings. The van der Waals surface area contributed by atoms with Crippen LogP contribution < -0.4 is 0 Å². The number of hydroxylamine groups is 2. The zero-order valence-electron chi connectivity index (χ0n) is 6.21. The fourth-order valence-corrected chi connectivity index (χ4v) is 0.964. The van der Waals surface area contributed by atoms with Crippen LogP contribution in [0.4, 0.5) is 0 Å². The van der Waals surface area contributed by atoms with Gasteiger partial charge in [-0.05, 0) is 18.5 Å². The Bertz CT molecular complexity index is 130. The lowest BCUT2D eigenvalue weighted by Crippen LogP contribution is -2.38. The van der Waals surface area contributed by atoms with Gasteiger partial charge in [0.05, 0.1) is 0 Å². The van der Waals surface area contributed by atoms with Crippen molar-refractivity contribution in [3.8, 4) is 0 Å². The molecule has 0 radical (unpaired) electrons. The first kappa shape index (κ1) is 10.9. The van der Waals surface area contributed by atoms with E-state index in [2.05, 4.69) is 4.62 Å². The summed E-state index contributed by atoms with van der Waals surface area (Å²) in [7, 11) is -2.85. The fraction of sp³-hybridized carbons (Fsp3) is 1.00. The summed E-state index contributed by atoms with van der Waals surface area (Å²) in [6, 6.07) is 0. The van der Waals surface area contributed by atoms with Gasteiger partial charge in [-0.1, -0.05) is 5.06 Å². The highest BCUT2D eigenvalue weighted by molar-refractivity contribution is 7.32. The Kier molecular flexibility index (Phi) is 4.67. The lowest BCUT2D eigenvalue weighted by atomic mass is 10.5. The number of hydrogen-bond donors (Lipinski definition) is 3. The number of nitrogens with zero attached hydrogens (tertiary/aromatic N) is 1. The van der Waals surface area contributed by atoms with Crippen molar-refractivity contribution in [1.29, 1.82) is 0 Å². The van der Waals surface area contributed by atoms with Crippen LogP contribution in [0, 0.1) is 0 Å². The summed E-state index contributed by atoms with van der Waals surface area (Å²) in [5.41, 5.74) is 0. The molecular weight excluding hydrogens is 173 g/mol. The zero-order chi connectivity index (χ0) is 9.02. The van der Waals surface area contributed by atoms with E-state index in [-0.39, 0.29) is 0 Å². The molecule has 3 N–H and O–H groups in total. The van der Waals surface area contributed by atoms with Gasteiger partial charge in [0.25, 0.3) is 0 Å². The average molecular weight is 184 g/mol. The minimum Gasteiger partial charge on any atom is -0.376 e. The molecule has 0 aliphatic heterocycles. The molecule has 0 saturated heterocycles. The van der Waals surface area contributed by atoms with Gasteiger partial charge in [0.1, 0.15) is 12.5 Å². The van der Waals surface area contributed by atoms with E-state index in [4.69, 9.17) is 15.1 Å². The van der Waals surface area contributed by atoms with E-state index in [0.29, 0.717) is 5.06 Å². The molecule has 0 heterocycles. The second-order valence-electron chi connectivity index (χ2n) is 1.94. The quantitative estimate of drug-likeness (QED) is 0.311. The molecule has 0 aromatic carbocycles. The van der Waals surface area contributed by atoms with Gasteiger partial charge in [-0.2, -0.15) is 0 Å². The average Bonchev–Trinajstić information content (AvgIpc) is 1.81. The summed E-state index contributed by atoms with van der Waals surface area (Å²) < 4.78 is 14.3. The number of aliphatic hydroxyl groups is 2. The van der Waals surface area contributed by atoms with Crippen molar-refractivity contribution in [1.82, 2.24) is 5.06 Å².